The van der Waals surface area contributed by atoms with Gasteiger partial charge in [0.1, 0.15) is 5.82 Å². The normalized spacial score (nSPS) is 11.0. The van der Waals surface area contributed by atoms with E-state index in [9.17, 15) is 0 Å². The molecule has 0 atom stereocenters. The maximum Gasteiger partial charge on any atom is 0.128 e. The van der Waals surface area contributed by atoms with Crippen LogP contribution in [0.25, 0.3) is 0 Å². The Morgan fingerprint density at radius 2 is 1.84 bits per heavy atom. The molecule has 0 aliphatic rings. The zero-order chi connectivity index (χ0) is 14.1. The highest BCUT2D eigenvalue weighted by molar-refractivity contribution is 5.39. The summed E-state index contributed by atoms with van der Waals surface area (Å²) in [5.41, 5.74) is 1.26. The van der Waals surface area contributed by atoms with Crippen LogP contribution in [0.15, 0.2) is 18.3 Å². The van der Waals surface area contributed by atoms with Crippen molar-refractivity contribution in [1.29, 1.82) is 0 Å². The molecule has 0 saturated heterocycles. The van der Waals surface area contributed by atoms with Crippen molar-refractivity contribution in [3.05, 3.63) is 23.9 Å². The van der Waals surface area contributed by atoms with Gasteiger partial charge >= 0.3 is 0 Å². The molecule has 1 aromatic heterocycles. The monoisotopic (exact) mass is 263 g/mol. The average Bonchev–Trinajstić information content (AvgIpc) is 2.39. The number of aromatic nitrogens is 1. The number of anilines is 1. The molecule has 0 amide bonds. The van der Waals surface area contributed by atoms with Crippen molar-refractivity contribution in [2.45, 2.75) is 47.1 Å². The molecule has 0 bridgehead atoms. The summed E-state index contributed by atoms with van der Waals surface area (Å²) in [6.45, 7) is 13.0. The maximum atomic E-state index is 4.60. The van der Waals surface area contributed by atoms with Crippen LogP contribution in [0.2, 0.25) is 0 Å². The fraction of sp³-hybridized carbons (Fsp3) is 0.688. The Morgan fingerprint density at radius 3 is 2.32 bits per heavy atom. The molecule has 1 heterocycles. The molecular formula is C16H29N3. The van der Waals surface area contributed by atoms with Gasteiger partial charge in [0, 0.05) is 25.8 Å². The van der Waals surface area contributed by atoms with E-state index < -0.39 is 0 Å². The van der Waals surface area contributed by atoms with E-state index in [2.05, 4.69) is 55.0 Å². The fourth-order valence-corrected chi connectivity index (χ4v) is 2.09. The first kappa shape index (κ1) is 16.0. The first-order valence-corrected chi connectivity index (χ1v) is 7.58. The molecule has 0 spiro atoms. The number of nitrogens with one attached hydrogen (secondary N) is 1. The lowest BCUT2D eigenvalue weighted by Crippen LogP contribution is -2.26. The first-order chi connectivity index (χ1) is 9.17. The third-order valence-electron chi connectivity index (χ3n) is 3.00. The number of pyridine rings is 1. The second kappa shape index (κ2) is 8.92. The SMILES string of the molecule is CCCN(CCC)c1ccc(CNCC(C)C)cn1. The van der Waals surface area contributed by atoms with Gasteiger partial charge < -0.3 is 10.2 Å². The van der Waals surface area contributed by atoms with Crippen LogP contribution in [0.5, 0.6) is 0 Å². The second-order valence-electron chi connectivity index (χ2n) is 5.54. The Labute approximate surface area is 118 Å². The lowest BCUT2D eigenvalue weighted by molar-refractivity contribution is 0.552. The van der Waals surface area contributed by atoms with Crippen LogP contribution < -0.4 is 10.2 Å². The Hall–Kier alpha value is -1.09. The highest BCUT2D eigenvalue weighted by Crippen LogP contribution is 2.12. The zero-order valence-corrected chi connectivity index (χ0v) is 12.9. The lowest BCUT2D eigenvalue weighted by Gasteiger charge is -2.22. The van der Waals surface area contributed by atoms with E-state index in [4.69, 9.17) is 0 Å². The van der Waals surface area contributed by atoms with Crippen molar-refractivity contribution in [2.24, 2.45) is 5.92 Å². The molecule has 0 aliphatic heterocycles. The van der Waals surface area contributed by atoms with Gasteiger partial charge in [0.15, 0.2) is 0 Å². The van der Waals surface area contributed by atoms with Gasteiger partial charge in [-0.2, -0.15) is 0 Å². The van der Waals surface area contributed by atoms with Crippen molar-refractivity contribution < 1.29 is 0 Å². The van der Waals surface area contributed by atoms with Crippen molar-refractivity contribution in [1.82, 2.24) is 10.3 Å². The minimum absolute atomic E-state index is 0.692. The number of nitrogens with zero attached hydrogens (tertiary/aromatic N) is 2. The fourth-order valence-electron chi connectivity index (χ4n) is 2.09. The second-order valence-corrected chi connectivity index (χ2v) is 5.54. The maximum absolute atomic E-state index is 4.60. The molecule has 0 aliphatic carbocycles. The molecule has 1 N–H and O–H groups in total. The number of hydrogen-bond acceptors (Lipinski definition) is 3. The topological polar surface area (TPSA) is 28.2 Å². The van der Waals surface area contributed by atoms with E-state index in [1.54, 1.807) is 0 Å². The van der Waals surface area contributed by atoms with Crippen LogP contribution in [-0.4, -0.2) is 24.6 Å². The highest BCUT2D eigenvalue weighted by atomic mass is 15.2. The largest absolute Gasteiger partial charge is 0.357 e. The van der Waals surface area contributed by atoms with Gasteiger partial charge in [-0.3, -0.25) is 0 Å². The Bertz CT molecular complexity index is 326. The minimum atomic E-state index is 0.692. The van der Waals surface area contributed by atoms with Gasteiger partial charge in [-0.05, 0) is 36.9 Å². The van der Waals surface area contributed by atoms with Crippen LogP contribution >= 0.6 is 0 Å². The minimum Gasteiger partial charge on any atom is -0.357 e. The van der Waals surface area contributed by atoms with E-state index >= 15 is 0 Å². The summed E-state index contributed by atoms with van der Waals surface area (Å²) in [5.74, 6) is 1.80. The first-order valence-electron chi connectivity index (χ1n) is 7.58. The summed E-state index contributed by atoms with van der Waals surface area (Å²) in [4.78, 5) is 6.97. The summed E-state index contributed by atoms with van der Waals surface area (Å²) >= 11 is 0. The predicted molar refractivity (Wildman–Crippen MR) is 83.6 cm³/mol. The van der Waals surface area contributed by atoms with E-state index in [0.29, 0.717) is 5.92 Å². The zero-order valence-electron chi connectivity index (χ0n) is 12.9. The summed E-state index contributed by atoms with van der Waals surface area (Å²) in [6, 6.07) is 4.34. The summed E-state index contributed by atoms with van der Waals surface area (Å²) in [6.07, 6.45) is 4.33. The standard InChI is InChI=1S/C16H29N3/c1-5-9-19(10-6-2)16-8-7-15(13-18-16)12-17-11-14(3)4/h7-8,13-14,17H,5-6,9-12H2,1-4H3. The molecular weight excluding hydrogens is 234 g/mol. The van der Waals surface area contributed by atoms with E-state index in [0.717, 1.165) is 32.0 Å². The highest BCUT2D eigenvalue weighted by Gasteiger charge is 2.05. The van der Waals surface area contributed by atoms with Gasteiger partial charge in [0.2, 0.25) is 0 Å². The quantitative estimate of drug-likeness (QED) is 0.739. The van der Waals surface area contributed by atoms with Gasteiger partial charge in [0.25, 0.3) is 0 Å². The predicted octanol–water partition coefficient (Wildman–Crippen LogP) is 3.45. The van der Waals surface area contributed by atoms with Gasteiger partial charge in [-0.25, -0.2) is 4.98 Å². The van der Waals surface area contributed by atoms with Crippen molar-refractivity contribution in [3.8, 4) is 0 Å². The average molecular weight is 263 g/mol. The molecule has 19 heavy (non-hydrogen) atoms. The molecule has 0 fully saturated rings. The van der Waals surface area contributed by atoms with Gasteiger partial charge in [-0.1, -0.05) is 33.8 Å². The molecule has 0 saturated carbocycles. The van der Waals surface area contributed by atoms with Crippen LogP contribution in [-0.2, 0) is 6.54 Å². The smallest absolute Gasteiger partial charge is 0.128 e. The number of rotatable bonds is 9. The van der Waals surface area contributed by atoms with E-state index in [-0.39, 0.29) is 0 Å². The Balaban J connectivity index is 2.53. The van der Waals surface area contributed by atoms with Crippen LogP contribution in [0, 0.1) is 5.92 Å². The van der Waals surface area contributed by atoms with Crippen LogP contribution in [0.3, 0.4) is 0 Å². The Kier molecular flexibility index (Phi) is 7.49. The van der Waals surface area contributed by atoms with Crippen molar-refractivity contribution in [3.63, 3.8) is 0 Å². The molecule has 0 aromatic carbocycles. The van der Waals surface area contributed by atoms with Gasteiger partial charge in [0.05, 0.1) is 0 Å². The summed E-state index contributed by atoms with van der Waals surface area (Å²) in [7, 11) is 0. The molecule has 1 aromatic rings. The molecule has 1 rings (SSSR count). The molecule has 108 valence electrons. The van der Waals surface area contributed by atoms with Crippen molar-refractivity contribution >= 4 is 5.82 Å². The third kappa shape index (κ3) is 6.06. The number of hydrogen-bond donors (Lipinski definition) is 1. The summed E-state index contributed by atoms with van der Waals surface area (Å²) in [5, 5.41) is 3.45. The van der Waals surface area contributed by atoms with Crippen LogP contribution in [0.4, 0.5) is 5.82 Å². The third-order valence-corrected chi connectivity index (χ3v) is 3.00. The Morgan fingerprint density at radius 1 is 1.16 bits per heavy atom. The summed E-state index contributed by atoms with van der Waals surface area (Å²) < 4.78 is 0. The van der Waals surface area contributed by atoms with E-state index in [1.807, 2.05) is 6.20 Å². The molecule has 3 nitrogen and oxygen atoms in total. The molecule has 3 heteroatoms. The van der Waals surface area contributed by atoms with Crippen LogP contribution in [0.1, 0.15) is 46.1 Å². The lowest BCUT2D eigenvalue weighted by atomic mass is 10.2. The molecule has 0 unspecified atom stereocenters. The van der Waals surface area contributed by atoms with Gasteiger partial charge in [-0.15, -0.1) is 0 Å². The van der Waals surface area contributed by atoms with Crippen molar-refractivity contribution in [2.75, 3.05) is 24.5 Å². The van der Waals surface area contributed by atoms with E-state index in [1.165, 1.54) is 18.4 Å². The molecule has 0 radical (unpaired) electrons.